The number of hydrogen-bond donors (Lipinski definition) is 1. The summed E-state index contributed by atoms with van der Waals surface area (Å²) in [7, 11) is 0. The summed E-state index contributed by atoms with van der Waals surface area (Å²) >= 11 is 0. The first kappa shape index (κ1) is 13.5. The molecule has 0 saturated carbocycles. The van der Waals surface area contributed by atoms with Crippen LogP contribution in [0, 0.1) is 0 Å². The quantitative estimate of drug-likeness (QED) is 0.512. The molecule has 2 heteroatoms. The topological polar surface area (TPSA) is 33.1 Å². The van der Waals surface area contributed by atoms with E-state index in [9.17, 15) is 5.11 Å². The number of para-hydroxylation sites is 3. The van der Waals surface area contributed by atoms with E-state index in [1.54, 1.807) is 6.07 Å². The molecule has 1 aromatic heterocycles. The number of fused-ring (bicyclic) bond motifs is 2. The summed E-state index contributed by atoms with van der Waals surface area (Å²) in [4.78, 5) is 4.73. The second-order valence-corrected chi connectivity index (χ2v) is 5.45. The zero-order chi connectivity index (χ0) is 15.6. The van der Waals surface area contributed by atoms with Crippen molar-refractivity contribution in [2.24, 2.45) is 0 Å². The Morgan fingerprint density at radius 2 is 1.22 bits per heavy atom. The van der Waals surface area contributed by atoms with E-state index in [0.717, 1.165) is 32.9 Å². The smallest absolute Gasteiger partial charge is 0.122 e. The van der Waals surface area contributed by atoms with Crippen molar-refractivity contribution in [3.8, 4) is 5.75 Å². The largest absolute Gasteiger partial charge is 0.507 e. The van der Waals surface area contributed by atoms with Gasteiger partial charge in [0.2, 0.25) is 0 Å². The molecule has 0 aliphatic heterocycles. The fourth-order valence-corrected chi connectivity index (χ4v) is 2.85. The molecule has 3 aromatic carbocycles. The van der Waals surface area contributed by atoms with Gasteiger partial charge >= 0.3 is 0 Å². The SMILES string of the molecule is Oc1ccccc1C=Cc1c2ccccc2nc2ccccc12. The van der Waals surface area contributed by atoms with Crippen molar-refractivity contribution < 1.29 is 5.11 Å². The van der Waals surface area contributed by atoms with Gasteiger partial charge in [0.15, 0.2) is 0 Å². The average molecular weight is 297 g/mol. The highest BCUT2D eigenvalue weighted by molar-refractivity contribution is 6.04. The molecule has 0 atom stereocenters. The Bertz CT molecular complexity index is 980. The van der Waals surface area contributed by atoms with Crippen LogP contribution < -0.4 is 0 Å². The number of phenolic OH excluding ortho intramolecular Hbond substituents is 1. The zero-order valence-electron chi connectivity index (χ0n) is 12.5. The Labute approximate surface area is 134 Å². The minimum atomic E-state index is 0.284. The van der Waals surface area contributed by atoms with Crippen molar-refractivity contribution in [1.82, 2.24) is 4.98 Å². The first-order valence-electron chi connectivity index (χ1n) is 7.56. The summed E-state index contributed by atoms with van der Waals surface area (Å²) < 4.78 is 0. The van der Waals surface area contributed by atoms with Crippen LogP contribution in [0.25, 0.3) is 34.0 Å². The summed E-state index contributed by atoms with van der Waals surface area (Å²) in [5.74, 6) is 0.284. The van der Waals surface area contributed by atoms with E-state index in [2.05, 4.69) is 18.2 Å². The van der Waals surface area contributed by atoms with Crippen LogP contribution >= 0.6 is 0 Å². The van der Waals surface area contributed by atoms with Crippen LogP contribution in [0.4, 0.5) is 0 Å². The monoisotopic (exact) mass is 297 g/mol. The number of nitrogens with zero attached hydrogens (tertiary/aromatic N) is 1. The third kappa shape index (κ3) is 2.44. The maximum absolute atomic E-state index is 9.95. The highest BCUT2D eigenvalue weighted by atomic mass is 16.3. The number of rotatable bonds is 2. The molecule has 1 heterocycles. The van der Waals surface area contributed by atoms with E-state index < -0.39 is 0 Å². The lowest BCUT2D eigenvalue weighted by Gasteiger charge is -2.07. The van der Waals surface area contributed by atoms with Crippen LogP contribution in [0.1, 0.15) is 11.1 Å². The first-order chi connectivity index (χ1) is 11.3. The Morgan fingerprint density at radius 1 is 0.652 bits per heavy atom. The number of benzene rings is 3. The van der Waals surface area contributed by atoms with Gasteiger partial charge in [-0.2, -0.15) is 0 Å². The highest BCUT2D eigenvalue weighted by Gasteiger charge is 2.06. The molecule has 4 aromatic rings. The van der Waals surface area contributed by atoms with E-state index >= 15 is 0 Å². The predicted octanol–water partition coefficient (Wildman–Crippen LogP) is 5.26. The van der Waals surface area contributed by atoms with Crippen molar-refractivity contribution in [3.63, 3.8) is 0 Å². The van der Waals surface area contributed by atoms with Gasteiger partial charge in [-0.3, -0.25) is 0 Å². The van der Waals surface area contributed by atoms with Crippen LogP contribution in [-0.4, -0.2) is 10.1 Å². The van der Waals surface area contributed by atoms with E-state index in [-0.39, 0.29) is 5.75 Å². The number of aromatic hydroxyl groups is 1. The standard InChI is InChI=1S/C21H15NO/c23-21-12-6-1-7-15(21)13-14-16-17-8-2-4-10-19(17)22-20-11-5-3-9-18(16)20/h1-14,23H. The lowest BCUT2D eigenvalue weighted by atomic mass is 10.0. The zero-order valence-corrected chi connectivity index (χ0v) is 12.5. The van der Waals surface area contributed by atoms with Crippen LogP contribution in [0.2, 0.25) is 0 Å². The summed E-state index contributed by atoms with van der Waals surface area (Å²) in [6, 6.07) is 23.6. The van der Waals surface area contributed by atoms with E-state index in [4.69, 9.17) is 4.98 Å². The third-order valence-corrected chi connectivity index (χ3v) is 4.00. The van der Waals surface area contributed by atoms with E-state index in [1.807, 2.05) is 60.7 Å². The maximum atomic E-state index is 9.95. The van der Waals surface area contributed by atoms with Crippen LogP contribution in [0.5, 0.6) is 5.75 Å². The molecule has 0 fully saturated rings. The molecule has 0 amide bonds. The van der Waals surface area contributed by atoms with Crippen LogP contribution in [-0.2, 0) is 0 Å². The molecule has 0 aliphatic carbocycles. The van der Waals surface area contributed by atoms with Gasteiger partial charge in [0.25, 0.3) is 0 Å². The summed E-state index contributed by atoms with van der Waals surface area (Å²) in [5, 5.41) is 12.2. The number of phenols is 1. The molecule has 110 valence electrons. The van der Waals surface area contributed by atoms with Gasteiger partial charge < -0.3 is 5.11 Å². The molecular formula is C21H15NO. The van der Waals surface area contributed by atoms with E-state index in [0.29, 0.717) is 0 Å². The van der Waals surface area contributed by atoms with Gasteiger partial charge in [-0.15, -0.1) is 0 Å². The molecule has 0 radical (unpaired) electrons. The second-order valence-electron chi connectivity index (χ2n) is 5.45. The molecule has 0 unspecified atom stereocenters. The lowest BCUT2D eigenvalue weighted by molar-refractivity contribution is 0.474. The van der Waals surface area contributed by atoms with Gasteiger partial charge in [-0.1, -0.05) is 66.7 Å². The van der Waals surface area contributed by atoms with Crippen molar-refractivity contribution in [3.05, 3.63) is 83.9 Å². The van der Waals surface area contributed by atoms with Crippen molar-refractivity contribution in [2.45, 2.75) is 0 Å². The molecule has 1 N–H and O–H groups in total. The molecule has 0 aliphatic rings. The minimum absolute atomic E-state index is 0.284. The first-order valence-corrected chi connectivity index (χ1v) is 7.56. The molecule has 4 rings (SSSR count). The summed E-state index contributed by atoms with van der Waals surface area (Å²) in [6.45, 7) is 0. The molecule has 0 saturated heterocycles. The lowest BCUT2D eigenvalue weighted by Crippen LogP contribution is -1.87. The second kappa shape index (κ2) is 5.58. The maximum Gasteiger partial charge on any atom is 0.122 e. The minimum Gasteiger partial charge on any atom is -0.507 e. The fourth-order valence-electron chi connectivity index (χ4n) is 2.85. The van der Waals surface area contributed by atoms with Crippen LogP contribution in [0.15, 0.2) is 72.8 Å². The van der Waals surface area contributed by atoms with E-state index in [1.165, 1.54) is 0 Å². The van der Waals surface area contributed by atoms with Gasteiger partial charge in [0, 0.05) is 16.3 Å². The normalized spacial score (nSPS) is 11.5. The van der Waals surface area contributed by atoms with Crippen molar-refractivity contribution >= 4 is 34.0 Å². The molecular weight excluding hydrogens is 282 g/mol. The summed E-state index contributed by atoms with van der Waals surface area (Å²) in [5.41, 5.74) is 3.87. The Morgan fingerprint density at radius 3 is 1.87 bits per heavy atom. The summed E-state index contributed by atoms with van der Waals surface area (Å²) in [6.07, 6.45) is 4.00. The van der Waals surface area contributed by atoms with Crippen molar-refractivity contribution in [2.75, 3.05) is 0 Å². The number of pyridine rings is 1. The molecule has 23 heavy (non-hydrogen) atoms. The fraction of sp³-hybridized carbons (Fsp3) is 0. The Hall–Kier alpha value is -3.13. The van der Waals surface area contributed by atoms with Gasteiger partial charge in [-0.05, 0) is 23.8 Å². The Balaban J connectivity index is 1.98. The number of aromatic nitrogens is 1. The molecule has 0 bridgehead atoms. The third-order valence-electron chi connectivity index (χ3n) is 4.00. The van der Waals surface area contributed by atoms with Gasteiger partial charge in [0.1, 0.15) is 5.75 Å². The predicted molar refractivity (Wildman–Crippen MR) is 96.3 cm³/mol. The van der Waals surface area contributed by atoms with Gasteiger partial charge in [0.05, 0.1) is 11.0 Å². The average Bonchev–Trinajstić information content (AvgIpc) is 2.60. The van der Waals surface area contributed by atoms with Crippen molar-refractivity contribution in [1.29, 1.82) is 0 Å². The van der Waals surface area contributed by atoms with Gasteiger partial charge in [-0.25, -0.2) is 4.98 Å². The Kier molecular flexibility index (Phi) is 3.28. The van der Waals surface area contributed by atoms with Crippen LogP contribution in [0.3, 0.4) is 0 Å². The molecule has 2 nitrogen and oxygen atoms in total. The highest BCUT2D eigenvalue weighted by Crippen LogP contribution is 2.28. The number of hydrogen-bond acceptors (Lipinski definition) is 2. The molecule has 0 spiro atoms.